The van der Waals surface area contributed by atoms with Gasteiger partial charge in [0, 0.05) is 11.6 Å². The number of fused-ring (bicyclic) bond motifs is 1. The molecule has 0 atom stereocenters. The molecule has 0 saturated heterocycles. The van der Waals surface area contributed by atoms with Crippen LogP contribution >= 0.6 is 11.3 Å². The van der Waals surface area contributed by atoms with Crippen LogP contribution < -0.4 is 15.6 Å². The summed E-state index contributed by atoms with van der Waals surface area (Å²) in [6, 6.07) is 16.3. The molecule has 0 unspecified atom stereocenters. The second-order valence-corrected chi connectivity index (χ2v) is 6.82. The molecule has 4 aromatic rings. The molecule has 28 heavy (non-hydrogen) atoms. The van der Waals surface area contributed by atoms with Crippen LogP contribution in [0.1, 0.15) is 5.82 Å². The molecule has 2 aromatic carbocycles. The molecule has 8 heteroatoms. The normalized spacial score (nSPS) is 10.7. The maximum atomic E-state index is 13.0. The van der Waals surface area contributed by atoms with Crippen LogP contribution in [0.15, 0.2) is 71.0 Å². The number of aromatic nitrogens is 3. The Labute approximate surface area is 164 Å². The van der Waals surface area contributed by atoms with Gasteiger partial charge < -0.3 is 10.1 Å². The summed E-state index contributed by atoms with van der Waals surface area (Å²) in [4.78, 5) is 34.0. The largest absolute Gasteiger partial charge is 0.486 e. The highest BCUT2D eigenvalue weighted by Gasteiger charge is 2.15. The molecule has 1 amide bonds. The molecular formula is C20H16N4O3S. The second-order valence-electron chi connectivity index (χ2n) is 5.92. The van der Waals surface area contributed by atoms with Crippen molar-refractivity contribution in [3.63, 3.8) is 0 Å². The van der Waals surface area contributed by atoms with Gasteiger partial charge in [-0.25, -0.2) is 9.97 Å². The lowest BCUT2D eigenvalue weighted by molar-refractivity contribution is -0.116. The minimum atomic E-state index is -0.352. The third-order valence-corrected chi connectivity index (χ3v) is 4.72. The molecule has 0 aliphatic carbocycles. The van der Waals surface area contributed by atoms with E-state index in [1.165, 1.54) is 15.9 Å². The zero-order valence-corrected chi connectivity index (χ0v) is 15.6. The summed E-state index contributed by atoms with van der Waals surface area (Å²) in [5.41, 5.74) is 0.280. The van der Waals surface area contributed by atoms with Crippen LogP contribution in [0.2, 0.25) is 0 Å². The number of ether oxygens (including phenoxy) is 1. The molecule has 0 bridgehead atoms. The van der Waals surface area contributed by atoms with Crippen molar-refractivity contribution in [3.8, 4) is 5.75 Å². The van der Waals surface area contributed by atoms with Crippen LogP contribution in [0, 0.1) is 0 Å². The average Bonchev–Trinajstić information content (AvgIpc) is 3.22. The maximum Gasteiger partial charge on any atom is 0.261 e. The second kappa shape index (κ2) is 8.01. The number of carbonyl (C=O) groups is 1. The van der Waals surface area contributed by atoms with Crippen LogP contribution in [0.4, 0.5) is 5.13 Å². The number of para-hydroxylation sites is 2. The fourth-order valence-electron chi connectivity index (χ4n) is 2.74. The summed E-state index contributed by atoms with van der Waals surface area (Å²) in [6.45, 7) is -0.113. The van der Waals surface area contributed by atoms with E-state index in [9.17, 15) is 9.59 Å². The van der Waals surface area contributed by atoms with Crippen LogP contribution in [0.25, 0.3) is 10.9 Å². The van der Waals surface area contributed by atoms with Crippen LogP contribution in [0.3, 0.4) is 0 Å². The summed E-state index contributed by atoms with van der Waals surface area (Å²) in [7, 11) is 0. The van der Waals surface area contributed by atoms with Crippen molar-refractivity contribution in [2.45, 2.75) is 13.2 Å². The summed E-state index contributed by atoms with van der Waals surface area (Å²) < 4.78 is 7.10. The smallest absolute Gasteiger partial charge is 0.261 e. The van der Waals surface area contributed by atoms with Gasteiger partial charge in [0.1, 0.15) is 18.9 Å². The summed E-state index contributed by atoms with van der Waals surface area (Å²) in [6.07, 6.45) is 1.60. The fraction of sp³-hybridized carbons (Fsp3) is 0.100. The Hall–Kier alpha value is -3.52. The van der Waals surface area contributed by atoms with Gasteiger partial charge in [0.15, 0.2) is 11.0 Å². The van der Waals surface area contributed by atoms with Crippen LogP contribution in [-0.4, -0.2) is 20.4 Å². The predicted octanol–water partition coefficient (Wildman–Crippen LogP) is 3.07. The molecule has 140 valence electrons. The van der Waals surface area contributed by atoms with E-state index >= 15 is 0 Å². The Morgan fingerprint density at radius 1 is 1.11 bits per heavy atom. The number of nitrogens with one attached hydrogen (secondary N) is 1. The molecule has 0 spiro atoms. The minimum absolute atomic E-state index is 0.0641. The van der Waals surface area contributed by atoms with E-state index < -0.39 is 0 Å². The molecule has 0 fully saturated rings. The van der Waals surface area contributed by atoms with Crippen molar-refractivity contribution in [2.24, 2.45) is 0 Å². The molecule has 7 nitrogen and oxygen atoms in total. The van der Waals surface area contributed by atoms with Crippen LogP contribution in [0.5, 0.6) is 5.75 Å². The first-order valence-corrected chi connectivity index (χ1v) is 9.44. The van der Waals surface area contributed by atoms with Crippen molar-refractivity contribution >= 4 is 33.3 Å². The van der Waals surface area contributed by atoms with Gasteiger partial charge in [-0.3, -0.25) is 14.2 Å². The van der Waals surface area contributed by atoms with Gasteiger partial charge in [0.05, 0.1) is 10.9 Å². The SMILES string of the molecule is O=C(Cn1c(COc2ccccc2)nc2ccccc2c1=O)Nc1nccs1. The molecule has 0 aliphatic heterocycles. The first-order valence-electron chi connectivity index (χ1n) is 8.56. The Balaban J connectivity index is 1.66. The Bertz CT molecular complexity index is 1160. The monoisotopic (exact) mass is 392 g/mol. The van der Waals surface area contributed by atoms with Gasteiger partial charge in [-0.15, -0.1) is 11.3 Å². The van der Waals surface area contributed by atoms with E-state index in [2.05, 4.69) is 15.3 Å². The lowest BCUT2D eigenvalue weighted by atomic mass is 10.2. The number of hydrogen-bond acceptors (Lipinski definition) is 6. The van der Waals surface area contributed by atoms with Crippen molar-refractivity contribution < 1.29 is 9.53 Å². The molecule has 0 radical (unpaired) electrons. The van der Waals surface area contributed by atoms with Gasteiger partial charge in [-0.1, -0.05) is 30.3 Å². The van der Waals surface area contributed by atoms with E-state index in [0.29, 0.717) is 27.6 Å². The summed E-state index contributed by atoms with van der Waals surface area (Å²) in [5, 5.41) is 5.38. The van der Waals surface area contributed by atoms with Crippen LogP contribution in [-0.2, 0) is 17.9 Å². The maximum absolute atomic E-state index is 13.0. The Morgan fingerprint density at radius 2 is 1.89 bits per heavy atom. The third kappa shape index (κ3) is 3.91. The molecule has 0 saturated carbocycles. The van der Waals surface area contributed by atoms with Crippen molar-refractivity contribution in [1.82, 2.24) is 14.5 Å². The lowest BCUT2D eigenvalue weighted by Crippen LogP contribution is -2.31. The zero-order chi connectivity index (χ0) is 19.3. The highest BCUT2D eigenvalue weighted by molar-refractivity contribution is 7.13. The molecule has 4 rings (SSSR count). The average molecular weight is 392 g/mol. The van der Waals surface area contributed by atoms with Gasteiger partial charge in [0.2, 0.25) is 5.91 Å². The number of nitrogens with zero attached hydrogens (tertiary/aromatic N) is 3. The third-order valence-electron chi connectivity index (χ3n) is 4.03. The highest BCUT2D eigenvalue weighted by Crippen LogP contribution is 2.14. The number of hydrogen-bond donors (Lipinski definition) is 1. The highest BCUT2D eigenvalue weighted by atomic mass is 32.1. The Kier molecular flexibility index (Phi) is 5.11. The minimum Gasteiger partial charge on any atom is -0.486 e. The molecule has 2 aromatic heterocycles. The number of anilines is 1. The van der Waals surface area contributed by atoms with Crippen molar-refractivity contribution in [1.29, 1.82) is 0 Å². The molecule has 1 N–H and O–H groups in total. The topological polar surface area (TPSA) is 86.1 Å². The number of thiazole rings is 1. The van der Waals surface area contributed by atoms with Gasteiger partial charge in [0.25, 0.3) is 5.56 Å². The van der Waals surface area contributed by atoms with Crippen molar-refractivity contribution in [3.05, 3.63) is 82.4 Å². The first-order chi connectivity index (χ1) is 13.7. The number of benzene rings is 2. The lowest BCUT2D eigenvalue weighted by Gasteiger charge is -2.14. The Morgan fingerprint density at radius 3 is 2.68 bits per heavy atom. The quantitative estimate of drug-likeness (QED) is 0.545. The number of amides is 1. The summed E-state index contributed by atoms with van der Waals surface area (Å²) >= 11 is 1.31. The van der Waals surface area contributed by atoms with Crippen molar-refractivity contribution in [2.75, 3.05) is 5.32 Å². The molecular weight excluding hydrogens is 376 g/mol. The van der Waals surface area contributed by atoms with E-state index in [4.69, 9.17) is 4.74 Å². The standard InChI is InChI=1S/C20H16N4O3S/c25-18(23-20-21-10-11-28-20)12-24-17(13-27-14-6-2-1-3-7-14)22-16-9-5-4-8-15(16)19(24)26/h1-11H,12-13H2,(H,21,23,25). The zero-order valence-electron chi connectivity index (χ0n) is 14.7. The first kappa shape index (κ1) is 17.9. The number of rotatable bonds is 6. The molecule has 0 aliphatic rings. The van der Waals surface area contributed by atoms with E-state index in [-0.39, 0.29) is 24.6 Å². The van der Waals surface area contributed by atoms with E-state index in [1.807, 2.05) is 36.4 Å². The van der Waals surface area contributed by atoms with E-state index in [0.717, 1.165) is 0 Å². The van der Waals surface area contributed by atoms with Gasteiger partial charge >= 0.3 is 0 Å². The predicted molar refractivity (Wildman–Crippen MR) is 108 cm³/mol. The molecule has 2 heterocycles. The fourth-order valence-corrected chi connectivity index (χ4v) is 3.28. The summed E-state index contributed by atoms with van der Waals surface area (Å²) in [5.74, 6) is 0.681. The van der Waals surface area contributed by atoms with E-state index in [1.54, 1.807) is 29.8 Å². The van der Waals surface area contributed by atoms with Gasteiger partial charge in [-0.05, 0) is 24.3 Å². The number of carbonyl (C=O) groups excluding carboxylic acids is 1. The van der Waals surface area contributed by atoms with Gasteiger partial charge in [-0.2, -0.15) is 0 Å².